The zero-order valence-corrected chi connectivity index (χ0v) is 13.5. The molecule has 1 atom stereocenters. The number of rotatable bonds is 11. The number of alkyl halides is 1. The van der Waals surface area contributed by atoms with Gasteiger partial charge < -0.3 is 9.47 Å². The van der Waals surface area contributed by atoms with Gasteiger partial charge in [0.15, 0.2) is 0 Å². The van der Waals surface area contributed by atoms with Gasteiger partial charge in [-0.05, 0) is 12.8 Å². The van der Waals surface area contributed by atoms with Crippen LogP contribution >= 0.6 is 15.9 Å². The molecule has 4 nitrogen and oxygen atoms in total. The van der Waals surface area contributed by atoms with Crippen molar-refractivity contribution in [2.75, 3.05) is 13.2 Å². The fraction of sp³-hybridized carbons (Fsp3) is 0.857. The van der Waals surface area contributed by atoms with E-state index in [0.29, 0.717) is 13.2 Å². The Morgan fingerprint density at radius 2 is 1.47 bits per heavy atom. The van der Waals surface area contributed by atoms with Crippen LogP contribution in [0.1, 0.15) is 58.8 Å². The molecule has 0 unspecified atom stereocenters. The first-order chi connectivity index (χ1) is 9.11. The number of unbranched alkanes of at least 4 members (excludes halogenated alkanes) is 4. The van der Waals surface area contributed by atoms with Gasteiger partial charge >= 0.3 is 11.9 Å². The van der Waals surface area contributed by atoms with Crippen molar-refractivity contribution in [3.63, 3.8) is 0 Å². The third-order valence-corrected chi connectivity index (χ3v) is 3.30. The molecule has 0 rings (SSSR count). The van der Waals surface area contributed by atoms with E-state index in [0.717, 1.165) is 38.5 Å². The maximum absolute atomic E-state index is 11.5. The largest absolute Gasteiger partial charge is 0.466 e. The third-order valence-electron chi connectivity index (χ3n) is 2.60. The lowest BCUT2D eigenvalue weighted by atomic mass is 10.2. The molecule has 0 aromatic carbocycles. The minimum absolute atomic E-state index is 0.0265. The van der Waals surface area contributed by atoms with Crippen molar-refractivity contribution in [2.45, 2.75) is 63.6 Å². The van der Waals surface area contributed by atoms with Crippen LogP contribution in [0.2, 0.25) is 0 Å². The number of carbonyl (C=O) groups is 2. The molecule has 0 aromatic rings. The molecule has 0 bridgehead atoms. The van der Waals surface area contributed by atoms with Crippen LogP contribution in [-0.4, -0.2) is 30.0 Å². The van der Waals surface area contributed by atoms with Crippen LogP contribution in [0.5, 0.6) is 0 Å². The summed E-state index contributed by atoms with van der Waals surface area (Å²) < 4.78 is 10.1. The molecule has 0 aliphatic rings. The molecule has 0 spiro atoms. The molecular weight excluding hydrogens is 312 g/mol. The van der Waals surface area contributed by atoms with Gasteiger partial charge in [-0.2, -0.15) is 0 Å². The molecular formula is C14H25BrO4. The molecule has 0 aromatic heterocycles. The number of hydrogen-bond acceptors (Lipinski definition) is 4. The minimum atomic E-state index is -0.604. The fourth-order valence-electron chi connectivity index (χ4n) is 1.44. The molecule has 0 saturated heterocycles. The van der Waals surface area contributed by atoms with Gasteiger partial charge in [0.2, 0.25) is 0 Å². The van der Waals surface area contributed by atoms with E-state index in [1.165, 1.54) is 0 Å². The Bertz CT molecular complexity index is 256. The highest BCUT2D eigenvalue weighted by molar-refractivity contribution is 9.10. The van der Waals surface area contributed by atoms with Gasteiger partial charge in [-0.25, -0.2) is 0 Å². The summed E-state index contributed by atoms with van der Waals surface area (Å²) in [5.41, 5.74) is 0. The zero-order chi connectivity index (χ0) is 14.5. The van der Waals surface area contributed by atoms with E-state index in [1.54, 1.807) is 0 Å². The van der Waals surface area contributed by atoms with Gasteiger partial charge in [0, 0.05) is 0 Å². The van der Waals surface area contributed by atoms with Crippen molar-refractivity contribution in [3.05, 3.63) is 0 Å². The summed E-state index contributed by atoms with van der Waals surface area (Å²) in [6.45, 7) is 5.02. The average Bonchev–Trinajstić information content (AvgIpc) is 2.39. The predicted octanol–water partition coefficient (Wildman–Crippen LogP) is 3.61. The minimum Gasteiger partial charge on any atom is -0.466 e. The van der Waals surface area contributed by atoms with Crippen molar-refractivity contribution in [1.82, 2.24) is 0 Å². The lowest BCUT2D eigenvalue weighted by Gasteiger charge is -2.10. The summed E-state index contributed by atoms with van der Waals surface area (Å²) in [6.07, 6.45) is 6.02. The number of hydrogen-bond donors (Lipinski definition) is 0. The molecule has 0 heterocycles. The molecule has 0 radical (unpaired) electrons. The number of ether oxygens (including phenoxy) is 2. The molecule has 0 fully saturated rings. The number of halogens is 1. The lowest BCUT2D eigenvalue weighted by Crippen LogP contribution is -2.22. The van der Waals surface area contributed by atoms with Crippen molar-refractivity contribution in [1.29, 1.82) is 0 Å². The smallest absolute Gasteiger partial charge is 0.320 e. The highest BCUT2D eigenvalue weighted by atomic mass is 79.9. The summed E-state index contributed by atoms with van der Waals surface area (Å²) in [4.78, 5) is 22.4. The van der Waals surface area contributed by atoms with Crippen LogP contribution in [0, 0.1) is 0 Å². The van der Waals surface area contributed by atoms with Crippen molar-refractivity contribution < 1.29 is 19.1 Å². The van der Waals surface area contributed by atoms with E-state index < -0.39 is 4.83 Å². The van der Waals surface area contributed by atoms with Gasteiger partial charge in [-0.3, -0.25) is 9.59 Å². The topological polar surface area (TPSA) is 52.6 Å². The van der Waals surface area contributed by atoms with Crippen LogP contribution in [0.3, 0.4) is 0 Å². The lowest BCUT2D eigenvalue weighted by molar-refractivity contribution is -0.149. The second-order valence-corrected chi connectivity index (χ2v) is 5.58. The molecule has 0 aliphatic heterocycles. The van der Waals surface area contributed by atoms with Crippen molar-refractivity contribution in [2.24, 2.45) is 0 Å². The SMILES string of the molecule is CCCCCOC(=O)C[C@H](Br)C(=O)OCCCCC. The van der Waals surface area contributed by atoms with E-state index in [4.69, 9.17) is 9.47 Å². The number of esters is 2. The average molecular weight is 337 g/mol. The molecule has 112 valence electrons. The van der Waals surface area contributed by atoms with Crippen molar-refractivity contribution >= 4 is 27.9 Å². The third kappa shape index (κ3) is 11.0. The number of carbonyl (C=O) groups excluding carboxylic acids is 2. The maximum atomic E-state index is 11.5. The van der Waals surface area contributed by atoms with Crippen LogP contribution in [0.25, 0.3) is 0 Å². The van der Waals surface area contributed by atoms with Crippen LogP contribution in [-0.2, 0) is 19.1 Å². The van der Waals surface area contributed by atoms with E-state index in [-0.39, 0.29) is 18.4 Å². The van der Waals surface area contributed by atoms with E-state index in [9.17, 15) is 9.59 Å². The highest BCUT2D eigenvalue weighted by Gasteiger charge is 2.20. The predicted molar refractivity (Wildman–Crippen MR) is 78.3 cm³/mol. The molecule has 5 heteroatoms. The Morgan fingerprint density at radius 3 is 2.00 bits per heavy atom. The van der Waals surface area contributed by atoms with Crippen LogP contribution in [0.15, 0.2) is 0 Å². The van der Waals surface area contributed by atoms with E-state index >= 15 is 0 Å². The molecule has 19 heavy (non-hydrogen) atoms. The quantitative estimate of drug-likeness (QED) is 0.328. The summed E-state index contributed by atoms with van der Waals surface area (Å²) in [5.74, 6) is -0.745. The first kappa shape index (κ1) is 18.4. The molecule has 0 aliphatic carbocycles. The second-order valence-electron chi connectivity index (χ2n) is 4.47. The Morgan fingerprint density at radius 1 is 0.947 bits per heavy atom. The highest BCUT2D eigenvalue weighted by Crippen LogP contribution is 2.10. The second kappa shape index (κ2) is 12.5. The maximum Gasteiger partial charge on any atom is 0.320 e. The molecule has 0 saturated carbocycles. The van der Waals surface area contributed by atoms with Gasteiger partial charge in [0.25, 0.3) is 0 Å². The Hall–Kier alpha value is -0.580. The molecule has 0 N–H and O–H groups in total. The zero-order valence-electron chi connectivity index (χ0n) is 12.0. The van der Waals surface area contributed by atoms with Gasteiger partial charge in [-0.15, -0.1) is 0 Å². The van der Waals surface area contributed by atoms with Crippen LogP contribution in [0.4, 0.5) is 0 Å². The summed E-state index contributed by atoms with van der Waals surface area (Å²) in [5, 5.41) is 0. The molecule has 0 amide bonds. The first-order valence-electron chi connectivity index (χ1n) is 7.08. The Balaban J connectivity index is 3.66. The van der Waals surface area contributed by atoms with Crippen molar-refractivity contribution in [3.8, 4) is 0 Å². The monoisotopic (exact) mass is 336 g/mol. The summed E-state index contributed by atoms with van der Waals surface area (Å²) in [6, 6.07) is 0. The normalized spacial score (nSPS) is 11.9. The van der Waals surface area contributed by atoms with Crippen LogP contribution < -0.4 is 0 Å². The standard InChI is InChI=1S/C14H25BrO4/c1-3-5-7-9-18-13(16)11-12(15)14(17)19-10-8-6-4-2/h12H,3-11H2,1-2H3/t12-/m0/s1. The summed E-state index contributed by atoms with van der Waals surface area (Å²) in [7, 11) is 0. The first-order valence-corrected chi connectivity index (χ1v) is 7.99. The Kier molecular flexibility index (Phi) is 12.1. The fourth-order valence-corrected chi connectivity index (χ4v) is 1.84. The van der Waals surface area contributed by atoms with E-state index in [1.807, 2.05) is 0 Å². The van der Waals surface area contributed by atoms with Gasteiger partial charge in [-0.1, -0.05) is 55.5 Å². The van der Waals surface area contributed by atoms with E-state index in [2.05, 4.69) is 29.8 Å². The Labute approximate surface area is 124 Å². The van der Waals surface area contributed by atoms with Gasteiger partial charge in [0.05, 0.1) is 19.6 Å². The van der Waals surface area contributed by atoms with Gasteiger partial charge in [0.1, 0.15) is 4.83 Å². The summed E-state index contributed by atoms with van der Waals surface area (Å²) >= 11 is 3.16.